The summed E-state index contributed by atoms with van der Waals surface area (Å²) in [5, 5.41) is 6.52. The van der Waals surface area contributed by atoms with Gasteiger partial charge in [-0.1, -0.05) is 18.2 Å². The Hall–Kier alpha value is -1.78. The Morgan fingerprint density at radius 1 is 1.28 bits per heavy atom. The van der Waals surface area contributed by atoms with Gasteiger partial charge in [-0.3, -0.25) is 4.79 Å². The van der Waals surface area contributed by atoms with Crippen LogP contribution in [0.1, 0.15) is 40.2 Å². The lowest BCUT2D eigenvalue weighted by Gasteiger charge is -2.22. The fourth-order valence-corrected chi connectivity index (χ4v) is 3.61. The molecule has 0 bridgehead atoms. The minimum Gasteiger partial charge on any atom is -0.352 e. The summed E-state index contributed by atoms with van der Waals surface area (Å²) in [5.41, 5.74) is 5.22. The number of halogens is 1. The molecule has 136 valence electrons. The molecular weight excluding hydrogens is 334 g/mol. The summed E-state index contributed by atoms with van der Waals surface area (Å²) in [4.78, 5) is 12.6. The smallest absolute Gasteiger partial charge is 0.253 e. The number of carbonyl (C=O) groups is 1. The highest BCUT2D eigenvalue weighted by Crippen LogP contribution is 2.23. The summed E-state index contributed by atoms with van der Waals surface area (Å²) in [6.07, 6.45) is 2.39. The highest BCUT2D eigenvalue weighted by molar-refractivity contribution is 5.96. The van der Waals surface area contributed by atoms with Crippen molar-refractivity contribution in [1.82, 2.24) is 15.2 Å². The fourth-order valence-electron chi connectivity index (χ4n) is 3.61. The zero-order valence-corrected chi connectivity index (χ0v) is 16.1. The van der Waals surface area contributed by atoms with E-state index in [9.17, 15) is 4.79 Å². The molecule has 5 heteroatoms. The van der Waals surface area contributed by atoms with Gasteiger partial charge in [0.25, 0.3) is 5.91 Å². The van der Waals surface area contributed by atoms with Gasteiger partial charge in [-0.05, 0) is 70.3 Å². The average Bonchev–Trinajstić information content (AvgIpc) is 2.89. The molecule has 1 aromatic heterocycles. The summed E-state index contributed by atoms with van der Waals surface area (Å²) in [7, 11) is 0. The van der Waals surface area contributed by atoms with E-state index < -0.39 is 0 Å². The van der Waals surface area contributed by atoms with Crippen molar-refractivity contribution in [3.63, 3.8) is 0 Å². The van der Waals surface area contributed by atoms with Crippen LogP contribution in [0.3, 0.4) is 0 Å². The SMILES string of the molecule is Cc1ccccc1-n1c(C)cc(C(=O)NCC2CCCNC2)c1C.Cl. The van der Waals surface area contributed by atoms with Crippen LogP contribution < -0.4 is 10.6 Å². The molecule has 0 spiro atoms. The van der Waals surface area contributed by atoms with Gasteiger partial charge < -0.3 is 15.2 Å². The van der Waals surface area contributed by atoms with E-state index in [0.717, 1.165) is 42.3 Å². The molecule has 1 saturated heterocycles. The molecule has 2 N–H and O–H groups in total. The second kappa shape index (κ2) is 8.54. The Kier molecular flexibility index (Phi) is 6.68. The van der Waals surface area contributed by atoms with Gasteiger partial charge in [-0.2, -0.15) is 0 Å². The predicted octanol–water partition coefficient (Wildman–Crippen LogP) is 3.55. The van der Waals surface area contributed by atoms with E-state index in [2.05, 4.69) is 41.2 Å². The van der Waals surface area contributed by atoms with Gasteiger partial charge in [-0.25, -0.2) is 0 Å². The molecule has 3 rings (SSSR count). The molecule has 1 aromatic carbocycles. The Bertz CT molecular complexity index is 733. The van der Waals surface area contributed by atoms with E-state index in [-0.39, 0.29) is 18.3 Å². The third kappa shape index (κ3) is 4.25. The van der Waals surface area contributed by atoms with Gasteiger partial charge in [0.05, 0.1) is 5.56 Å². The van der Waals surface area contributed by atoms with Crippen molar-refractivity contribution >= 4 is 18.3 Å². The minimum absolute atomic E-state index is 0. The standard InChI is InChI=1S/C20H27N3O.ClH/c1-14-7-4-5-9-19(14)23-15(2)11-18(16(23)3)20(24)22-13-17-8-6-10-21-12-17;/h4-5,7,9,11,17,21H,6,8,10,12-13H2,1-3H3,(H,22,24);1H. The van der Waals surface area contributed by atoms with E-state index in [0.29, 0.717) is 5.92 Å². The van der Waals surface area contributed by atoms with E-state index in [4.69, 9.17) is 0 Å². The normalized spacial score (nSPS) is 17.0. The minimum atomic E-state index is 0. The lowest BCUT2D eigenvalue weighted by Crippen LogP contribution is -2.38. The van der Waals surface area contributed by atoms with Crippen LogP contribution in [-0.2, 0) is 0 Å². The largest absolute Gasteiger partial charge is 0.352 e. The molecule has 1 amide bonds. The van der Waals surface area contributed by atoms with Crippen LogP contribution in [0.2, 0.25) is 0 Å². The highest BCUT2D eigenvalue weighted by atomic mass is 35.5. The Morgan fingerprint density at radius 2 is 2.04 bits per heavy atom. The van der Waals surface area contributed by atoms with Crippen LogP contribution in [0.4, 0.5) is 0 Å². The predicted molar refractivity (Wildman–Crippen MR) is 105 cm³/mol. The van der Waals surface area contributed by atoms with Gasteiger partial charge in [0.2, 0.25) is 0 Å². The second-order valence-corrected chi connectivity index (χ2v) is 6.83. The molecule has 1 aliphatic rings. The maximum atomic E-state index is 12.6. The van der Waals surface area contributed by atoms with Crippen molar-refractivity contribution in [2.45, 2.75) is 33.6 Å². The Labute approximate surface area is 156 Å². The summed E-state index contributed by atoms with van der Waals surface area (Å²) in [6.45, 7) is 9.03. The third-order valence-electron chi connectivity index (χ3n) is 4.98. The number of rotatable bonds is 4. The maximum Gasteiger partial charge on any atom is 0.253 e. The summed E-state index contributed by atoms with van der Waals surface area (Å²) < 4.78 is 2.17. The number of nitrogens with one attached hydrogen (secondary N) is 2. The van der Waals surface area contributed by atoms with E-state index in [1.807, 2.05) is 25.1 Å². The van der Waals surface area contributed by atoms with Gasteiger partial charge in [-0.15, -0.1) is 12.4 Å². The topological polar surface area (TPSA) is 46.1 Å². The Morgan fingerprint density at radius 3 is 2.72 bits per heavy atom. The Balaban J connectivity index is 0.00000225. The first-order valence-corrected chi connectivity index (χ1v) is 8.82. The maximum absolute atomic E-state index is 12.6. The molecule has 25 heavy (non-hydrogen) atoms. The van der Waals surface area contributed by atoms with Gasteiger partial charge >= 0.3 is 0 Å². The number of carbonyl (C=O) groups excluding carboxylic acids is 1. The van der Waals surface area contributed by atoms with E-state index in [1.54, 1.807) is 0 Å². The number of hydrogen-bond donors (Lipinski definition) is 2. The molecule has 0 saturated carbocycles. The van der Waals surface area contributed by atoms with Crippen LogP contribution in [0.25, 0.3) is 5.69 Å². The first kappa shape index (κ1) is 19.5. The molecule has 1 unspecified atom stereocenters. The van der Waals surface area contributed by atoms with Crippen LogP contribution in [0, 0.1) is 26.7 Å². The molecule has 1 atom stereocenters. The molecule has 4 nitrogen and oxygen atoms in total. The number of aromatic nitrogens is 1. The number of nitrogens with zero attached hydrogens (tertiary/aromatic N) is 1. The molecular formula is C20H28ClN3O. The zero-order chi connectivity index (χ0) is 17.1. The number of para-hydroxylation sites is 1. The summed E-state index contributed by atoms with van der Waals surface area (Å²) in [6, 6.07) is 10.3. The first-order chi connectivity index (χ1) is 11.6. The van der Waals surface area contributed by atoms with Crippen LogP contribution in [0.5, 0.6) is 0 Å². The van der Waals surface area contributed by atoms with Gasteiger partial charge in [0.1, 0.15) is 0 Å². The quantitative estimate of drug-likeness (QED) is 0.874. The molecule has 0 aliphatic carbocycles. The molecule has 0 radical (unpaired) electrons. The van der Waals surface area contributed by atoms with Crippen LogP contribution in [0.15, 0.2) is 30.3 Å². The number of benzene rings is 1. The third-order valence-corrected chi connectivity index (χ3v) is 4.98. The zero-order valence-electron chi connectivity index (χ0n) is 15.3. The number of aryl methyl sites for hydroxylation is 2. The average molecular weight is 362 g/mol. The molecule has 2 heterocycles. The first-order valence-electron chi connectivity index (χ1n) is 8.82. The van der Waals surface area contributed by atoms with Crippen molar-refractivity contribution in [3.05, 3.63) is 52.8 Å². The van der Waals surface area contributed by atoms with Crippen molar-refractivity contribution in [2.75, 3.05) is 19.6 Å². The summed E-state index contributed by atoms with van der Waals surface area (Å²) in [5.74, 6) is 0.580. The van der Waals surface area contributed by atoms with E-state index in [1.165, 1.54) is 18.4 Å². The lowest BCUT2D eigenvalue weighted by atomic mass is 10.00. The fraction of sp³-hybridized carbons (Fsp3) is 0.450. The molecule has 1 aliphatic heterocycles. The molecule has 2 aromatic rings. The van der Waals surface area contributed by atoms with Gasteiger partial charge in [0, 0.05) is 23.6 Å². The highest BCUT2D eigenvalue weighted by Gasteiger charge is 2.19. The van der Waals surface area contributed by atoms with Crippen molar-refractivity contribution in [1.29, 1.82) is 0 Å². The molecule has 1 fully saturated rings. The monoisotopic (exact) mass is 361 g/mol. The van der Waals surface area contributed by atoms with Gasteiger partial charge in [0.15, 0.2) is 0 Å². The lowest BCUT2D eigenvalue weighted by molar-refractivity contribution is 0.0944. The van der Waals surface area contributed by atoms with Crippen molar-refractivity contribution in [3.8, 4) is 5.69 Å². The van der Waals surface area contributed by atoms with Crippen LogP contribution in [-0.4, -0.2) is 30.1 Å². The number of amides is 1. The number of hydrogen-bond acceptors (Lipinski definition) is 2. The number of piperidine rings is 1. The van der Waals surface area contributed by atoms with Crippen LogP contribution >= 0.6 is 12.4 Å². The van der Waals surface area contributed by atoms with E-state index >= 15 is 0 Å². The van der Waals surface area contributed by atoms with Crippen molar-refractivity contribution < 1.29 is 4.79 Å². The second-order valence-electron chi connectivity index (χ2n) is 6.83. The summed E-state index contributed by atoms with van der Waals surface area (Å²) >= 11 is 0. The van der Waals surface area contributed by atoms with Crippen molar-refractivity contribution in [2.24, 2.45) is 5.92 Å².